The molecule has 0 N–H and O–H groups in total. The lowest BCUT2D eigenvalue weighted by Gasteiger charge is -2.17. The van der Waals surface area contributed by atoms with Gasteiger partial charge in [0.2, 0.25) is 0 Å². The molecule has 2 atom stereocenters. The van der Waals surface area contributed by atoms with Crippen molar-refractivity contribution in [1.29, 1.82) is 0 Å². The Bertz CT molecular complexity index is 89.2. The molecule has 12 heavy (non-hydrogen) atoms. The van der Waals surface area contributed by atoms with Crippen LogP contribution in [0, 0.1) is 11.8 Å². The first-order chi connectivity index (χ1) is 5.68. The van der Waals surface area contributed by atoms with Gasteiger partial charge in [-0.15, -0.1) is 0 Å². The normalized spacial score (nSPS) is 31.8. The summed E-state index contributed by atoms with van der Waals surface area (Å²) in [5.74, 6) is 1.82. The molecule has 1 rings (SSSR count). The number of likely N-dealkylation sites (tertiary alicyclic amines) is 1. The van der Waals surface area contributed by atoms with Crippen molar-refractivity contribution in [3.8, 4) is 0 Å². The summed E-state index contributed by atoms with van der Waals surface area (Å²) >= 11 is 0. The van der Waals surface area contributed by atoms with Crippen LogP contribution in [-0.2, 0) is 0 Å². The second kappa shape index (κ2) is 6.47. The third kappa shape index (κ3) is 4.76. The molecule has 1 nitrogen and oxygen atoms in total. The fourth-order valence-corrected chi connectivity index (χ4v) is 1.89. The van der Waals surface area contributed by atoms with Crippen molar-refractivity contribution in [3.05, 3.63) is 0 Å². The minimum Gasteiger partial charge on any atom is -0.306 e. The Balaban J connectivity index is 0.000000561. The lowest BCUT2D eigenvalue weighted by molar-refractivity contribution is 0.288. The molecule has 1 aliphatic heterocycles. The summed E-state index contributed by atoms with van der Waals surface area (Å²) in [6.07, 6.45) is 2.84. The maximum absolute atomic E-state index is 2.46. The summed E-state index contributed by atoms with van der Waals surface area (Å²) in [4.78, 5) is 2.46. The van der Waals surface area contributed by atoms with Crippen molar-refractivity contribution >= 4 is 0 Å². The molecule has 0 amide bonds. The summed E-state index contributed by atoms with van der Waals surface area (Å²) in [5, 5.41) is 0. The Morgan fingerprint density at radius 2 is 1.25 bits per heavy atom. The predicted molar refractivity (Wildman–Crippen MR) is 56.4 cm³/mol. The van der Waals surface area contributed by atoms with E-state index in [1.54, 1.807) is 0 Å². The molecule has 0 saturated carbocycles. The maximum Gasteiger partial charge on any atom is 0.000408 e. The Hall–Kier alpha value is -0.0400. The monoisotopic (exact) mass is 171 g/mol. The second-order valence-corrected chi connectivity index (χ2v) is 4.01. The first-order valence-corrected chi connectivity index (χ1v) is 5.37. The van der Waals surface area contributed by atoms with Gasteiger partial charge in [0.05, 0.1) is 0 Å². The molecule has 1 heterocycles. The first-order valence-electron chi connectivity index (χ1n) is 5.37. The van der Waals surface area contributed by atoms with Gasteiger partial charge >= 0.3 is 0 Å². The molecule has 1 saturated heterocycles. The van der Waals surface area contributed by atoms with E-state index in [0.717, 1.165) is 11.8 Å². The van der Waals surface area contributed by atoms with Crippen LogP contribution in [0.3, 0.4) is 0 Å². The lowest BCUT2D eigenvalue weighted by Crippen LogP contribution is -2.25. The average Bonchev–Trinajstić information content (AvgIpc) is 2.16. The molecular weight excluding hydrogens is 146 g/mol. The highest BCUT2D eigenvalue weighted by molar-refractivity contribution is 4.69. The molecule has 0 bridgehead atoms. The molecule has 1 aliphatic rings. The van der Waals surface area contributed by atoms with E-state index in [-0.39, 0.29) is 0 Å². The van der Waals surface area contributed by atoms with Crippen LogP contribution in [-0.4, -0.2) is 25.0 Å². The van der Waals surface area contributed by atoms with Gasteiger partial charge in [-0.25, -0.2) is 0 Å². The first kappa shape index (κ1) is 12.0. The number of hydrogen-bond acceptors (Lipinski definition) is 1. The van der Waals surface area contributed by atoms with Gasteiger partial charge in [0.15, 0.2) is 0 Å². The van der Waals surface area contributed by atoms with Crippen LogP contribution in [0.1, 0.15) is 40.5 Å². The molecule has 0 aromatic rings. The minimum atomic E-state index is 0.912. The number of hydrogen-bond donors (Lipinski definition) is 0. The number of rotatable bonds is 0. The summed E-state index contributed by atoms with van der Waals surface area (Å²) in [7, 11) is 2.23. The average molecular weight is 171 g/mol. The van der Waals surface area contributed by atoms with Gasteiger partial charge in [-0.3, -0.25) is 0 Å². The number of nitrogens with zero attached hydrogens (tertiary/aromatic N) is 1. The Morgan fingerprint density at radius 3 is 1.58 bits per heavy atom. The van der Waals surface area contributed by atoms with Crippen molar-refractivity contribution < 1.29 is 0 Å². The van der Waals surface area contributed by atoms with Gasteiger partial charge in [0.1, 0.15) is 0 Å². The summed E-state index contributed by atoms with van der Waals surface area (Å²) in [6.45, 7) is 11.3. The van der Waals surface area contributed by atoms with Crippen LogP contribution in [0.25, 0.3) is 0 Å². The highest BCUT2D eigenvalue weighted by Crippen LogP contribution is 2.18. The van der Waals surface area contributed by atoms with E-state index in [0.29, 0.717) is 0 Å². The largest absolute Gasteiger partial charge is 0.306 e. The molecule has 0 aliphatic carbocycles. The van der Waals surface area contributed by atoms with Crippen LogP contribution < -0.4 is 0 Å². The molecule has 0 aromatic carbocycles. The fourth-order valence-electron chi connectivity index (χ4n) is 1.89. The van der Waals surface area contributed by atoms with Gasteiger partial charge in [-0.1, -0.05) is 27.7 Å². The zero-order chi connectivity index (χ0) is 9.56. The standard InChI is InChI=1S/C9H19N.C2H6/c1-8-4-5-9(2)7-10(3)6-8;1-2/h8-9H,4-7H2,1-3H3;1-2H3. The van der Waals surface area contributed by atoms with Crippen molar-refractivity contribution in [3.63, 3.8) is 0 Å². The smallest absolute Gasteiger partial charge is 0.000408 e. The van der Waals surface area contributed by atoms with Crippen molar-refractivity contribution in [2.24, 2.45) is 11.8 Å². The highest BCUT2D eigenvalue weighted by atomic mass is 15.1. The topological polar surface area (TPSA) is 3.24 Å². The molecule has 0 radical (unpaired) electrons. The van der Waals surface area contributed by atoms with E-state index in [1.165, 1.54) is 25.9 Å². The van der Waals surface area contributed by atoms with Crippen molar-refractivity contribution in [1.82, 2.24) is 4.90 Å². The Morgan fingerprint density at radius 1 is 0.917 bits per heavy atom. The minimum absolute atomic E-state index is 0.912. The van der Waals surface area contributed by atoms with Gasteiger partial charge in [-0.2, -0.15) is 0 Å². The van der Waals surface area contributed by atoms with Crippen LogP contribution in [0.4, 0.5) is 0 Å². The zero-order valence-corrected chi connectivity index (χ0v) is 9.43. The van der Waals surface area contributed by atoms with Gasteiger partial charge in [0, 0.05) is 13.1 Å². The fraction of sp³-hybridized carbons (Fsp3) is 1.00. The molecular formula is C11H25N. The van der Waals surface area contributed by atoms with Gasteiger partial charge in [0.25, 0.3) is 0 Å². The summed E-state index contributed by atoms with van der Waals surface area (Å²) in [5.41, 5.74) is 0. The third-order valence-electron chi connectivity index (χ3n) is 2.40. The molecule has 1 heteroatoms. The maximum atomic E-state index is 2.46. The van der Waals surface area contributed by atoms with E-state index >= 15 is 0 Å². The molecule has 1 fully saturated rings. The van der Waals surface area contributed by atoms with Crippen LogP contribution in [0.15, 0.2) is 0 Å². The quantitative estimate of drug-likeness (QED) is 0.541. The molecule has 0 spiro atoms. The van der Waals surface area contributed by atoms with Crippen molar-refractivity contribution in [2.45, 2.75) is 40.5 Å². The molecule has 74 valence electrons. The summed E-state index contributed by atoms with van der Waals surface area (Å²) in [6, 6.07) is 0. The van der Waals surface area contributed by atoms with E-state index in [9.17, 15) is 0 Å². The predicted octanol–water partition coefficient (Wildman–Crippen LogP) is 3.01. The van der Waals surface area contributed by atoms with E-state index < -0.39 is 0 Å². The zero-order valence-electron chi connectivity index (χ0n) is 9.43. The van der Waals surface area contributed by atoms with Crippen LogP contribution in [0.5, 0.6) is 0 Å². The van der Waals surface area contributed by atoms with E-state index in [2.05, 4.69) is 25.8 Å². The highest BCUT2D eigenvalue weighted by Gasteiger charge is 2.15. The SMILES string of the molecule is CC.CC1CCC(C)CN(C)C1. The van der Waals surface area contributed by atoms with E-state index in [1.807, 2.05) is 13.8 Å². The lowest BCUT2D eigenvalue weighted by atomic mass is 10.0. The molecule has 2 unspecified atom stereocenters. The summed E-state index contributed by atoms with van der Waals surface area (Å²) < 4.78 is 0. The van der Waals surface area contributed by atoms with Crippen LogP contribution >= 0.6 is 0 Å². The second-order valence-electron chi connectivity index (χ2n) is 4.01. The van der Waals surface area contributed by atoms with E-state index in [4.69, 9.17) is 0 Å². The molecule has 0 aromatic heterocycles. The van der Waals surface area contributed by atoms with Gasteiger partial charge in [-0.05, 0) is 31.7 Å². The third-order valence-corrected chi connectivity index (χ3v) is 2.40. The van der Waals surface area contributed by atoms with Gasteiger partial charge < -0.3 is 4.90 Å². The van der Waals surface area contributed by atoms with Crippen LogP contribution in [0.2, 0.25) is 0 Å². The Kier molecular flexibility index (Phi) is 6.45. The Labute approximate surface area is 78.1 Å². The van der Waals surface area contributed by atoms with Crippen molar-refractivity contribution in [2.75, 3.05) is 20.1 Å².